The summed E-state index contributed by atoms with van der Waals surface area (Å²) >= 11 is 0. The number of ether oxygens (including phenoxy) is 1. The zero-order valence-electron chi connectivity index (χ0n) is 9.69. The van der Waals surface area contributed by atoms with Crippen LogP contribution >= 0.6 is 0 Å². The monoisotopic (exact) mass is 209 g/mol. The topological polar surface area (TPSA) is 21.3 Å². The Labute approximate surface area is 92.8 Å². The van der Waals surface area contributed by atoms with E-state index < -0.39 is 0 Å². The van der Waals surface area contributed by atoms with E-state index in [9.17, 15) is 0 Å². The fourth-order valence-corrected chi connectivity index (χ4v) is 3.63. The van der Waals surface area contributed by atoms with Crippen LogP contribution < -0.4 is 5.32 Å². The van der Waals surface area contributed by atoms with E-state index in [0.717, 1.165) is 13.2 Å². The van der Waals surface area contributed by atoms with Crippen molar-refractivity contribution < 1.29 is 4.74 Å². The summed E-state index contributed by atoms with van der Waals surface area (Å²) in [4.78, 5) is 0. The first-order valence-corrected chi connectivity index (χ1v) is 6.72. The summed E-state index contributed by atoms with van der Waals surface area (Å²) in [5.74, 6) is 0. The van der Waals surface area contributed by atoms with Gasteiger partial charge in [0.15, 0.2) is 0 Å². The zero-order chi connectivity index (χ0) is 10.2. The Kier molecular flexibility index (Phi) is 2.52. The maximum atomic E-state index is 6.28. The van der Waals surface area contributed by atoms with Gasteiger partial charge in [0, 0.05) is 12.1 Å². The van der Waals surface area contributed by atoms with Gasteiger partial charge in [0.1, 0.15) is 0 Å². The van der Waals surface area contributed by atoms with Crippen molar-refractivity contribution in [3.8, 4) is 0 Å². The minimum absolute atomic E-state index is 0.228. The third-order valence-electron chi connectivity index (χ3n) is 4.77. The molecule has 2 heteroatoms. The van der Waals surface area contributed by atoms with Crippen LogP contribution in [0.2, 0.25) is 0 Å². The van der Waals surface area contributed by atoms with Crippen LogP contribution in [0.3, 0.4) is 0 Å². The van der Waals surface area contributed by atoms with Gasteiger partial charge in [0.25, 0.3) is 0 Å². The van der Waals surface area contributed by atoms with Gasteiger partial charge in [-0.1, -0.05) is 32.1 Å². The van der Waals surface area contributed by atoms with Crippen LogP contribution in [-0.2, 0) is 4.74 Å². The van der Waals surface area contributed by atoms with E-state index in [1.807, 2.05) is 0 Å². The molecule has 15 heavy (non-hydrogen) atoms. The van der Waals surface area contributed by atoms with Gasteiger partial charge in [-0.3, -0.25) is 0 Å². The van der Waals surface area contributed by atoms with Gasteiger partial charge < -0.3 is 10.1 Å². The molecule has 2 nitrogen and oxygen atoms in total. The summed E-state index contributed by atoms with van der Waals surface area (Å²) in [6, 6.07) is 0. The number of hydrogen-bond donors (Lipinski definition) is 1. The molecule has 0 amide bonds. The average Bonchev–Trinajstić information content (AvgIpc) is 2.74. The Bertz CT molecular complexity index is 215. The Morgan fingerprint density at radius 3 is 2.07 bits per heavy atom. The third kappa shape index (κ3) is 1.83. The maximum Gasteiger partial charge on any atom is 0.0807 e. The fourth-order valence-electron chi connectivity index (χ4n) is 3.63. The molecular formula is C13H23NO. The highest BCUT2D eigenvalue weighted by Crippen LogP contribution is 2.39. The highest BCUT2D eigenvalue weighted by atomic mass is 16.5. The molecule has 0 atom stereocenters. The molecule has 1 heterocycles. The molecule has 2 aliphatic carbocycles. The summed E-state index contributed by atoms with van der Waals surface area (Å²) in [6.07, 6.45) is 12.2. The molecule has 3 aliphatic rings. The first-order chi connectivity index (χ1) is 7.33. The van der Waals surface area contributed by atoms with Crippen molar-refractivity contribution in [2.24, 2.45) is 0 Å². The van der Waals surface area contributed by atoms with Gasteiger partial charge in [0.2, 0.25) is 0 Å². The normalized spacial score (nSPS) is 33.6. The number of nitrogens with one attached hydrogen (secondary N) is 1. The molecule has 0 unspecified atom stereocenters. The summed E-state index contributed by atoms with van der Waals surface area (Å²) in [6.45, 7) is 2.10. The van der Waals surface area contributed by atoms with Crippen LogP contribution in [0.1, 0.15) is 57.8 Å². The van der Waals surface area contributed by atoms with Crippen molar-refractivity contribution in [3.05, 3.63) is 0 Å². The first kappa shape index (κ1) is 10.1. The minimum atomic E-state index is 0.228. The van der Waals surface area contributed by atoms with E-state index in [1.165, 1.54) is 57.8 Å². The van der Waals surface area contributed by atoms with Crippen LogP contribution in [0.4, 0.5) is 0 Å². The molecule has 3 rings (SSSR count). The van der Waals surface area contributed by atoms with Crippen LogP contribution in [0, 0.1) is 0 Å². The lowest BCUT2D eigenvalue weighted by Crippen LogP contribution is -2.61. The SMILES string of the molecule is C1CCC2(CC1)CNC1(CCCC1)CO2. The van der Waals surface area contributed by atoms with Gasteiger partial charge in [-0.25, -0.2) is 0 Å². The number of hydrogen-bond acceptors (Lipinski definition) is 2. The van der Waals surface area contributed by atoms with E-state index in [1.54, 1.807) is 0 Å². The molecule has 0 aromatic heterocycles. The fraction of sp³-hybridized carbons (Fsp3) is 1.00. The van der Waals surface area contributed by atoms with Gasteiger partial charge in [-0.15, -0.1) is 0 Å². The second-order valence-electron chi connectivity index (χ2n) is 5.87. The molecule has 0 aromatic carbocycles. The Balaban J connectivity index is 1.63. The molecule has 2 spiro atoms. The highest BCUT2D eigenvalue weighted by molar-refractivity contribution is 5.01. The largest absolute Gasteiger partial charge is 0.372 e. The smallest absolute Gasteiger partial charge is 0.0807 e. The van der Waals surface area contributed by atoms with Gasteiger partial charge in [-0.05, 0) is 25.7 Å². The van der Waals surface area contributed by atoms with Crippen molar-refractivity contribution in [2.75, 3.05) is 13.2 Å². The van der Waals surface area contributed by atoms with Gasteiger partial charge in [0.05, 0.1) is 12.2 Å². The van der Waals surface area contributed by atoms with Gasteiger partial charge >= 0.3 is 0 Å². The first-order valence-electron chi connectivity index (χ1n) is 6.72. The second kappa shape index (κ2) is 3.74. The molecule has 2 saturated carbocycles. The quantitative estimate of drug-likeness (QED) is 0.662. The van der Waals surface area contributed by atoms with Crippen LogP contribution in [0.15, 0.2) is 0 Å². The molecule has 86 valence electrons. The van der Waals surface area contributed by atoms with Crippen molar-refractivity contribution in [3.63, 3.8) is 0 Å². The van der Waals surface area contributed by atoms with Crippen LogP contribution in [-0.4, -0.2) is 24.3 Å². The lowest BCUT2D eigenvalue weighted by molar-refractivity contribution is -0.125. The molecular weight excluding hydrogens is 186 g/mol. The predicted octanol–water partition coefficient (Wildman–Crippen LogP) is 2.62. The van der Waals surface area contributed by atoms with Crippen LogP contribution in [0.5, 0.6) is 0 Å². The van der Waals surface area contributed by atoms with E-state index >= 15 is 0 Å². The average molecular weight is 209 g/mol. The van der Waals surface area contributed by atoms with Crippen molar-refractivity contribution in [1.82, 2.24) is 5.32 Å². The molecule has 0 radical (unpaired) electrons. The van der Waals surface area contributed by atoms with E-state index in [0.29, 0.717) is 5.54 Å². The lowest BCUT2D eigenvalue weighted by Gasteiger charge is -2.47. The standard InChI is InChI=1S/C13H23NO/c1-2-8-13(9-3-1)10-14-12(11-15-13)6-4-5-7-12/h14H,1-11H2. The molecule has 0 aromatic rings. The number of morpholine rings is 1. The van der Waals surface area contributed by atoms with E-state index in [-0.39, 0.29) is 5.60 Å². The van der Waals surface area contributed by atoms with E-state index in [4.69, 9.17) is 4.74 Å². The predicted molar refractivity (Wildman–Crippen MR) is 61.0 cm³/mol. The Hall–Kier alpha value is -0.0800. The summed E-state index contributed by atoms with van der Waals surface area (Å²) in [5.41, 5.74) is 0.606. The second-order valence-corrected chi connectivity index (χ2v) is 5.87. The summed E-state index contributed by atoms with van der Waals surface area (Å²) in [7, 11) is 0. The summed E-state index contributed by atoms with van der Waals surface area (Å²) in [5, 5.41) is 3.83. The molecule has 1 N–H and O–H groups in total. The van der Waals surface area contributed by atoms with Gasteiger partial charge in [-0.2, -0.15) is 0 Å². The number of rotatable bonds is 0. The molecule has 0 bridgehead atoms. The van der Waals surface area contributed by atoms with Crippen LogP contribution in [0.25, 0.3) is 0 Å². The van der Waals surface area contributed by atoms with Crippen molar-refractivity contribution in [1.29, 1.82) is 0 Å². The van der Waals surface area contributed by atoms with Crippen molar-refractivity contribution in [2.45, 2.75) is 68.9 Å². The molecule has 1 saturated heterocycles. The lowest BCUT2D eigenvalue weighted by atomic mass is 9.81. The summed E-state index contributed by atoms with van der Waals surface area (Å²) < 4.78 is 6.28. The minimum Gasteiger partial charge on any atom is -0.372 e. The Morgan fingerprint density at radius 1 is 0.800 bits per heavy atom. The third-order valence-corrected chi connectivity index (χ3v) is 4.77. The zero-order valence-corrected chi connectivity index (χ0v) is 9.69. The molecule has 3 fully saturated rings. The maximum absolute atomic E-state index is 6.28. The highest BCUT2D eigenvalue weighted by Gasteiger charge is 2.44. The molecule has 1 aliphatic heterocycles. The Morgan fingerprint density at radius 2 is 1.47 bits per heavy atom. The van der Waals surface area contributed by atoms with E-state index in [2.05, 4.69) is 5.32 Å². The van der Waals surface area contributed by atoms with Crippen molar-refractivity contribution >= 4 is 0 Å².